The molecule has 0 radical (unpaired) electrons. The first-order valence-electron chi connectivity index (χ1n) is 6.88. The first-order chi connectivity index (χ1) is 9.36. The lowest BCUT2D eigenvalue weighted by Crippen LogP contribution is -2.54. The normalized spacial score (nSPS) is 28.6. The number of nitrogens with zero attached hydrogens (tertiary/aromatic N) is 1. The number of nitrogens with two attached hydrogens (primary N) is 1. The van der Waals surface area contributed by atoms with Crippen LogP contribution < -0.4 is 5.73 Å². The highest BCUT2D eigenvalue weighted by Crippen LogP contribution is 2.25. The largest absolute Gasteiger partial charge is 0.326 e. The number of aryl methyl sites for hydroxylation is 1. The number of benzene rings is 1. The molecule has 3 aliphatic heterocycles. The van der Waals surface area contributed by atoms with Gasteiger partial charge in [-0.1, -0.05) is 17.7 Å². The van der Waals surface area contributed by atoms with E-state index in [0.29, 0.717) is 6.04 Å². The van der Waals surface area contributed by atoms with Crippen molar-refractivity contribution in [3.05, 3.63) is 29.8 Å². The molecule has 20 heavy (non-hydrogen) atoms. The molecule has 0 aromatic heterocycles. The third-order valence-electron chi connectivity index (χ3n) is 4.03. The molecule has 2 bridgehead atoms. The minimum Gasteiger partial charge on any atom is -0.326 e. The van der Waals surface area contributed by atoms with Gasteiger partial charge in [0.1, 0.15) is 0 Å². The van der Waals surface area contributed by atoms with Crippen molar-refractivity contribution in [1.82, 2.24) is 4.90 Å². The number of piperidine rings is 3. The maximum atomic E-state index is 10.5. The van der Waals surface area contributed by atoms with Gasteiger partial charge < -0.3 is 10.6 Å². The van der Waals surface area contributed by atoms with Gasteiger partial charge in [-0.2, -0.15) is 8.42 Å². The Hall–Kier alpha value is -0.950. The van der Waals surface area contributed by atoms with E-state index in [1.807, 2.05) is 6.92 Å². The maximum absolute atomic E-state index is 10.5. The molecular formula is C14H22N2O3S. The molecular weight excluding hydrogens is 276 g/mol. The molecule has 3 heterocycles. The summed E-state index contributed by atoms with van der Waals surface area (Å²) in [5.74, 6) is 0.856. The molecule has 6 heteroatoms. The Morgan fingerprint density at radius 1 is 1.20 bits per heavy atom. The van der Waals surface area contributed by atoms with Crippen LogP contribution in [0.25, 0.3) is 0 Å². The van der Waals surface area contributed by atoms with Crippen LogP contribution in [-0.4, -0.2) is 43.5 Å². The second-order valence-electron chi connectivity index (χ2n) is 5.59. The van der Waals surface area contributed by atoms with E-state index in [1.165, 1.54) is 38.1 Å². The summed E-state index contributed by atoms with van der Waals surface area (Å²) in [6.45, 7) is 5.61. The van der Waals surface area contributed by atoms with Crippen LogP contribution in [0.4, 0.5) is 0 Å². The van der Waals surface area contributed by atoms with Crippen molar-refractivity contribution in [2.24, 2.45) is 11.7 Å². The average molecular weight is 298 g/mol. The molecule has 0 unspecified atom stereocenters. The number of fused-ring (bicyclic) bond motifs is 3. The Balaban J connectivity index is 0.000000149. The Morgan fingerprint density at radius 2 is 1.75 bits per heavy atom. The fourth-order valence-corrected chi connectivity index (χ4v) is 3.20. The molecule has 3 saturated heterocycles. The second kappa shape index (κ2) is 6.22. The third kappa shape index (κ3) is 4.02. The van der Waals surface area contributed by atoms with E-state index in [-0.39, 0.29) is 4.90 Å². The summed E-state index contributed by atoms with van der Waals surface area (Å²) in [7, 11) is -4.02. The molecule has 4 rings (SSSR count). The van der Waals surface area contributed by atoms with Gasteiger partial charge in [0.25, 0.3) is 10.1 Å². The molecule has 0 aliphatic carbocycles. The van der Waals surface area contributed by atoms with Crippen molar-refractivity contribution in [2.75, 3.05) is 19.6 Å². The van der Waals surface area contributed by atoms with E-state index >= 15 is 0 Å². The van der Waals surface area contributed by atoms with Gasteiger partial charge in [0.05, 0.1) is 4.90 Å². The Labute approximate surface area is 120 Å². The second-order valence-corrected chi connectivity index (χ2v) is 7.01. The van der Waals surface area contributed by atoms with Crippen molar-refractivity contribution < 1.29 is 13.0 Å². The van der Waals surface area contributed by atoms with Gasteiger partial charge in [-0.05, 0) is 50.9 Å². The third-order valence-corrected chi connectivity index (χ3v) is 4.89. The fourth-order valence-electron chi connectivity index (χ4n) is 2.72. The lowest BCUT2D eigenvalue weighted by Gasteiger charge is -2.43. The highest BCUT2D eigenvalue weighted by atomic mass is 32.2. The molecule has 3 fully saturated rings. The molecule has 0 saturated carbocycles. The highest BCUT2D eigenvalue weighted by Gasteiger charge is 2.31. The van der Waals surface area contributed by atoms with Crippen molar-refractivity contribution >= 4 is 10.1 Å². The minimum atomic E-state index is -4.02. The van der Waals surface area contributed by atoms with Gasteiger partial charge in [-0.3, -0.25) is 4.55 Å². The molecule has 112 valence electrons. The van der Waals surface area contributed by atoms with Crippen molar-refractivity contribution in [1.29, 1.82) is 0 Å². The van der Waals surface area contributed by atoms with Crippen molar-refractivity contribution in [3.8, 4) is 0 Å². The first-order valence-corrected chi connectivity index (χ1v) is 8.32. The number of rotatable bonds is 1. The van der Waals surface area contributed by atoms with E-state index < -0.39 is 10.1 Å². The summed E-state index contributed by atoms with van der Waals surface area (Å²) in [6, 6.07) is 6.48. The lowest BCUT2D eigenvalue weighted by atomic mass is 9.85. The Morgan fingerprint density at radius 3 is 2.05 bits per heavy atom. The molecule has 3 N–H and O–H groups in total. The molecule has 3 aliphatic rings. The van der Waals surface area contributed by atoms with E-state index in [4.69, 9.17) is 10.3 Å². The van der Waals surface area contributed by atoms with Crippen LogP contribution in [0, 0.1) is 12.8 Å². The van der Waals surface area contributed by atoms with Crippen LogP contribution in [0.5, 0.6) is 0 Å². The lowest BCUT2D eigenvalue weighted by molar-refractivity contribution is 0.0896. The van der Waals surface area contributed by atoms with Crippen LogP contribution in [0.1, 0.15) is 18.4 Å². The van der Waals surface area contributed by atoms with Gasteiger partial charge in [0, 0.05) is 12.6 Å². The van der Waals surface area contributed by atoms with Crippen molar-refractivity contribution in [3.63, 3.8) is 0 Å². The van der Waals surface area contributed by atoms with Gasteiger partial charge in [-0.25, -0.2) is 0 Å². The fraction of sp³-hybridized carbons (Fsp3) is 0.571. The van der Waals surface area contributed by atoms with Crippen LogP contribution in [0.2, 0.25) is 0 Å². The van der Waals surface area contributed by atoms with Crippen molar-refractivity contribution in [2.45, 2.75) is 30.7 Å². The highest BCUT2D eigenvalue weighted by molar-refractivity contribution is 7.85. The summed E-state index contributed by atoms with van der Waals surface area (Å²) in [5.41, 5.74) is 6.83. The average Bonchev–Trinajstić information content (AvgIpc) is 2.40. The van der Waals surface area contributed by atoms with E-state index in [2.05, 4.69) is 4.90 Å². The zero-order chi connectivity index (χ0) is 14.8. The summed E-state index contributed by atoms with van der Waals surface area (Å²) in [6.07, 6.45) is 2.70. The zero-order valence-electron chi connectivity index (χ0n) is 11.7. The van der Waals surface area contributed by atoms with Crippen LogP contribution in [0.3, 0.4) is 0 Å². The Kier molecular flexibility index (Phi) is 4.80. The summed E-state index contributed by atoms with van der Waals surface area (Å²) >= 11 is 0. The molecule has 1 atom stereocenters. The zero-order valence-corrected chi connectivity index (χ0v) is 12.5. The summed E-state index contributed by atoms with van der Waals surface area (Å²) in [4.78, 5) is 2.41. The Bertz CT molecular complexity index is 534. The first kappa shape index (κ1) is 15.4. The topological polar surface area (TPSA) is 83.6 Å². The van der Waals surface area contributed by atoms with Gasteiger partial charge in [0.2, 0.25) is 0 Å². The van der Waals surface area contributed by atoms with Crippen LogP contribution in [-0.2, 0) is 10.1 Å². The van der Waals surface area contributed by atoms with Gasteiger partial charge >= 0.3 is 0 Å². The quantitative estimate of drug-likeness (QED) is 0.763. The maximum Gasteiger partial charge on any atom is 0.294 e. The molecule has 5 nitrogen and oxygen atoms in total. The molecule has 0 amide bonds. The SMILES string of the molecule is Cc1ccc(S(=O)(=O)O)cc1.N[C@@H]1CN2CCC1CC2. The van der Waals surface area contributed by atoms with E-state index in [9.17, 15) is 8.42 Å². The summed E-state index contributed by atoms with van der Waals surface area (Å²) in [5, 5.41) is 0. The number of hydrogen-bond donors (Lipinski definition) is 2. The standard InChI is InChI=1S/C7H14N2.C7H8O3S/c8-7-5-9-3-1-6(7)2-4-9;1-6-2-4-7(5-3-6)11(8,9)10/h6-7H,1-5,8H2;2-5H,1H3,(H,8,9,10)/t7-;/m1./s1. The van der Waals surface area contributed by atoms with E-state index in [1.54, 1.807) is 12.1 Å². The van der Waals surface area contributed by atoms with Crippen LogP contribution >= 0.6 is 0 Å². The number of hydrogen-bond acceptors (Lipinski definition) is 4. The predicted octanol–water partition coefficient (Wildman–Crippen LogP) is 1.28. The van der Waals surface area contributed by atoms with Gasteiger partial charge in [-0.15, -0.1) is 0 Å². The molecule has 1 aromatic rings. The monoisotopic (exact) mass is 298 g/mol. The molecule has 1 aromatic carbocycles. The minimum absolute atomic E-state index is 0.0666. The predicted molar refractivity (Wildman–Crippen MR) is 78.1 cm³/mol. The van der Waals surface area contributed by atoms with E-state index in [0.717, 1.165) is 18.0 Å². The summed E-state index contributed by atoms with van der Waals surface area (Å²) < 4.78 is 29.6. The molecule has 0 spiro atoms. The smallest absolute Gasteiger partial charge is 0.294 e. The van der Waals surface area contributed by atoms with Crippen LogP contribution in [0.15, 0.2) is 29.2 Å². The van der Waals surface area contributed by atoms with Gasteiger partial charge in [0.15, 0.2) is 0 Å².